The number of rotatable bonds is 5. The molecule has 0 aliphatic carbocycles. The van der Waals surface area contributed by atoms with Gasteiger partial charge in [0.05, 0.1) is 12.2 Å². The molecule has 2 aromatic rings. The summed E-state index contributed by atoms with van der Waals surface area (Å²) >= 11 is 0.742. The van der Waals surface area contributed by atoms with Crippen molar-refractivity contribution in [3.8, 4) is 0 Å². The highest BCUT2D eigenvalue weighted by atomic mass is 32.2. The monoisotopic (exact) mass is 309 g/mol. The molecule has 0 aliphatic rings. The number of aromatic nitrogens is 2. The molecular weight excluding hydrogens is 300 g/mol. The lowest BCUT2D eigenvalue weighted by Crippen LogP contribution is -2.25. The van der Waals surface area contributed by atoms with Gasteiger partial charge in [0.15, 0.2) is 22.4 Å². The molecule has 0 saturated heterocycles. The lowest BCUT2D eigenvalue weighted by atomic mass is 10.4. The minimum absolute atomic E-state index is 0.00389. The second-order valence-electron chi connectivity index (χ2n) is 3.72. The Kier molecular flexibility index (Phi) is 4.28. The highest BCUT2D eigenvalue weighted by Gasteiger charge is 2.15. The van der Waals surface area contributed by atoms with Gasteiger partial charge in [-0.25, -0.2) is 4.98 Å². The van der Waals surface area contributed by atoms with Crippen molar-refractivity contribution in [3.05, 3.63) is 34.5 Å². The maximum absolute atomic E-state index is 11.8. The van der Waals surface area contributed by atoms with E-state index in [4.69, 9.17) is 10.2 Å². The van der Waals surface area contributed by atoms with Crippen molar-refractivity contribution in [2.75, 3.05) is 16.8 Å². The van der Waals surface area contributed by atoms with Gasteiger partial charge in [-0.3, -0.25) is 14.6 Å². The normalized spacial score (nSPS) is 10.3. The molecule has 0 saturated carbocycles. The summed E-state index contributed by atoms with van der Waals surface area (Å²) in [6.07, 6.45) is 1.31. The molecule has 2 heterocycles. The number of carbonyl (C=O) groups excluding carboxylic acids is 2. The van der Waals surface area contributed by atoms with Gasteiger partial charge in [0.2, 0.25) is 0 Å². The lowest BCUT2D eigenvalue weighted by Gasteiger charge is -2.07. The fourth-order valence-electron chi connectivity index (χ4n) is 1.37. The number of carboxylic acid groups (broad SMARTS) is 1. The summed E-state index contributed by atoms with van der Waals surface area (Å²) in [7, 11) is 0. The van der Waals surface area contributed by atoms with E-state index in [2.05, 4.69) is 15.3 Å². The van der Waals surface area contributed by atoms with Gasteiger partial charge >= 0.3 is 0 Å². The van der Waals surface area contributed by atoms with E-state index >= 15 is 0 Å². The molecule has 2 rings (SSSR count). The number of nitrogens with one attached hydrogen (secondary N) is 2. The van der Waals surface area contributed by atoms with E-state index in [9.17, 15) is 19.5 Å². The Hall–Kier alpha value is -2.75. The molecule has 0 bridgehead atoms. The standard InChI is InChI=1S/C11H10N4O5S/c12-8-7(13-9(18)5-2-1-3-20-5)10(19)15-11(14-8)21-4-6(16)17/h1-3H,4H2,(H,13,18)(H,16,17)(H3,12,14,15,19)/p-1. The molecule has 0 aliphatic heterocycles. The van der Waals surface area contributed by atoms with Crippen LogP contribution in [0.3, 0.4) is 0 Å². The smallest absolute Gasteiger partial charge is 0.291 e. The average molecular weight is 309 g/mol. The van der Waals surface area contributed by atoms with Crippen LogP contribution in [0, 0.1) is 0 Å². The maximum atomic E-state index is 11.8. The van der Waals surface area contributed by atoms with Crippen molar-refractivity contribution in [2.45, 2.75) is 5.16 Å². The number of carbonyl (C=O) groups is 2. The third-order valence-electron chi connectivity index (χ3n) is 2.24. The summed E-state index contributed by atoms with van der Waals surface area (Å²) in [6, 6.07) is 2.93. The Labute approximate surface area is 121 Å². The van der Waals surface area contributed by atoms with Crippen molar-refractivity contribution in [2.24, 2.45) is 0 Å². The molecule has 21 heavy (non-hydrogen) atoms. The van der Waals surface area contributed by atoms with E-state index in [-0.39, 0.29) is 28.2 Å². The highest BCUT2D eigenvalue weighted by Crippen LogP contribution is 2.16. The van der Waals surface area contributed by atoms with Gasteiger partial charge in [-0.1, -0.05) is 11.8 Å². The predicted molar refractivity (Wildman–Crippen MR) is 71.7 cm³/mol. The molecule has 9 nitrogen and oxygen atoms in total. The van der Waals surface area contributed by atoms with Crippen molar-refractivity contribution < 1.29 is 19.1 Å². The van der Waals surface area contributed by atoms with E-state index in [1.165, 1.54) is 18.4 Å². The van der Waals surface area contributed by atoms with Gasteiger partial charge in [-0.2, -0.15) is 0 Å². The molecule has 0 spiro atoms. The van der Waals surface area contributed by atoms with E-state index < -0.39 is 17.4 Å². The fourth-order valence-corrected chi connectivity index (χ4v) is 1.95. The van der Waals surface area contributed by atoms with Crippen LogP contribution in [0.2, 0.25) is 0 Å². The average Bonchev–Trinajstić information content (AvgIpc) is 2.94. The van der Waals surface area contributed by atoms with Crippen molar-refractivity contribution in [1.29, 1.82) is 0 Å². The second kappa shape index (κ2) is 6.13. The van der Waals surface area contributed by atoms with Crippen LogP contribution in [0.25, 0.3) is 0 Å². The Morgan fingerprint density at radius 3 is 2.86 bits per heavy atom. The lowest BCUT2D eigenvalue weighted by molar-refractivity contribution is -0.301. The number of nitrogen functional groups attached to an aromatic ring is 1. The Morgan fingerprint density at radius 2 is 2.29 bits per heavy atom. The van der Waals surface area contributed by atoms with Crippen LogP contribution in [0.15, 0.2) is 32.8 Å². The van der Waals surface area contributed by atoms with Crippen molar-refractivity contribution >= 4 is 35.1 Å². The van der Waals surface area contributed by atoms with Crippen LogP contribution in [0.4, 0.5) is 11.5 Å². The molecule has 0 radical (unpaired) electrons. The molecule has 0 atom stereocenters. The van der Waals surface area contributed by atoms with Crippen molar-refractivity contribution in [3.63, 3.8) is 0 Å². The summed E-state index contributed by atoms with van der Waals surface area (Å²) in [4.78, 5) is 40.0. The summed E-state index contributed by atoms with van der Waals surface area (Å²) in [5.41, 5.74) is 4.63. The largest absolute Gasteiger partial charge is 0.549 e. The first-order valence-corrected chi connectivity index (χ1v) is 6.53. The Bertz CT molecular complexity index is 725. The summed E-state index contributed by atoms with van der Waals surface area (Å²) in [5, 5.41) is 12.6. The number of furan rings is 1. The van der Waals surface area contributed by atoms with Gasteiger partial charge in [-0.05, 0) is 12.1 Å². The van der Waals surface area contributed by atoms with E-state index in [0.717, 1.165) is 11.8 Å². The fraction of sp³-hybridized carbons (Fsp3) is 0.0909. The van der Waals surface area contributed by atoms with Crippen LogP contribution in [-0.2, 0) is 4.79 Å². The number of nitrogens with zero attached hydrogens (tertiary/aromatic N) is 1. The molecule has 0 aromatic carbocycles. The van der Waals surface area contributed by atoms with E-state index in [0.29, 0.717) is 0 Å². The van der Waals surface area contributed by atoms with Crippen LogP contribution >= 0.6 is 11.8 Å². The van der Waals surface area contributed by atoms with Crippen molar-refractivity contribution in [1.82, 2.24) is 9.97 Å². The number of hydrogen-bond donors (Lipinski definition) is 3. The molecule has 1 amide bonds. The Balaban J connectivity index is 2.19. The second-order valence-corrected chi connectivity index (χ2v) is 4.69. The number of thioether (sulfide) groups is 1. The molecule has 4 N–H and O–H groups in total. The van der Waals surface area contributed by atoms with Gasteiger partial charge < -0.3 is 25.4 Å². The SMILES string of the molecule is Nc1nc(SCC(=O)[O-])[nH]c(=O)c1NC(=O)c1ccco1. The number of carboxylic acids is 1. The zero-order chi connectivity index (χ0) is 15.4. The third kappa shape index (κ3) is 3.63. The van der Waals surface area contributed by atoms with Crippen LogP contribution in [0.1, 0.15) is 10.6 Å². The Morgan fingerprint density at radius 1 is 1.52 bits per heavy atom. The van der Waals surface area contributed by atoms with Gasteiger partial charge in [0.1, 0.15) is 0 Å². The van der Waals surface area contributed by atoms with E-state index in [1.54, 1.807) is 0 Å². The summed E-state index contributed by atoms with van der Waals surface area (Å²) in [5.74, 6) is -2.59. The van der Waals surface area contributed by atoms with Crippen LogP contribution in [0.5, 0.6) is 0 Å². The number of anilines is 2. The number of nitrogens with two attached hydrogens (primary N) is 1. The topological polar surface area (TPSA) is 154 Å². The molecule has 0 fully saturated rings. The number of H-pyrrole nitrogens is 1. The maximum Gasteiger partial charge on any atom is 0.291 e. The zero-order valence-electron chi connectivity index (χ0n) is 10.4. The first-order chi connectivity index (χ1) is 9.97. The predicted octanol–water partition coefficient (Wildman–Crippen LogP) is -0.961. The highest BCUT2D eigenvalue weighted by molar-refractivity contribution is 7.99. The first kappa shape index (κ1) is 14.7. The van der Waals surface area contributed by atoms with E-state index in [1.807, 2.05) is 0 Å². The molecule has 0 unspecified atom stereocenters. The van der Waals surface area contributed by atoms with Gasteiger partial charge in [0.25, 0.3) is 11.5 Å². The molecule has 110 valence electrons. The van der Waals surface area contributed by atoms with Crippen LogP contribution < -0.4 is 21.7 Å². The summed E-state index contributed by atoms with van der Waals surface area (Å²) < 4.78 is 4.87. The number of amides is 1. The number of aliphatic carboxylic acids is 1. The third-order valence-corrected chi connectivity index (χ3v) is 3.08. The molecule has 10 heteroatoms. The van der Waals surface area contributed by atoms with Crippen LogP contribution in [-0.4, -0.2) is 27.6 Å². The molecular formula is C11H9N4O5S-. The van der Waals surface area contributed by atoms with Gasteiger partial charge in [-0.15, -0.1) is 0 Å². The summed E-state index contributed by atoms with van der Waals surface area (Å²) in [6.45, 7) is 0. The minimum Gasteiger partial charge on any atom is -0.549 e. The van der Waals surface area contributed by atoms with Gasteiger partial charge in [0, 0.05) is 5.75 Å². The first-order valence-electron chi connectivity index (χ1n) is 5.54. The quantitative estimate of drug-likeness (QED) is 0.471. The zero-order valence-corrected chi connectivity index (χ0v) is 11.2. The molecule has 2 aromatic heterocycles. The minimum atomic E-state index is -1.31. The number of aromatic amines is 1. The number of hydrogen-bond acceptors (Lipinski definition) is 8.